The number of carbonyl (C=O) groups is 2. The first-order valence-electron chi connectivity index (χ1n) is 10.8. The summed E-state index contributed by atoms with van der Waals surface area (Å²) in [4.78, 5) is 24.0. The fourth-order valence-electron chi connectivity index (χ4n) is 4.23. The second-order valence-corrected chi connectivity index (χ2v) is 7.84. The van der Waals surface area contributed by atoms with Crippen LogP contribution in [0.3, 0.4) is 0 Å². The van der Waals surface area contributed by atoms with Gasteiger partial charge in [0.15, 0.2) is 6.61 Å². The van der Waals surface area contributed by atoms with Gasteiger partial charge in [-0.05, 0) is 66.6 Å². The zero-order valence-corrected chi connectivity index (χ0v) is 17.7. The van der Waals surface area contributed by atoms with Gasteiger partial charge in [-0.15, -0.1) is 0 Å². The molecule has 4 rings (SSSR count). The van der Waals surface area contributed by atoms with Crippen LogP contribution in [0.15, 0.2) is 78.9 Å². The molecule has 0 aromatic heterocycles. The monoisotopic (exact) mass is 430 g/mol. The number of amides is 1. The molecule has 0 saturated heterocycles. The van der Waals surface area contributed by atoms with E-state index in [0.29, 0.717) is 12.2 Å². The molecule has 3 aromatic carbocycles. The second-order valence-electron chi connectivity index (χ2n) is 7.84. The molecule has 6 nitrogen and oxygen atoms in total. The topological polar surface area (TPSA) is 78.9 Å². The van der Waals surface area contributed by atoms with E-state index in [4.69, 9.17) is 9.84 Å². The fourth-order valence-corrected chi connectivity index (χ4v) is 4.23. The van der Waals surface area contributed by atoms with E-state index < -0.39 is 5.97 Å². The van der Waals surface area contributed by atoms with Crippen LogP contribution < -0.4 is 15.2 Å². The summed E-state index contributed by atoms with van der Waals surface area (Å²) in [5.74, 6) is -0.422. The Morgan fingerprint density at radius 3 is 2.22 bits per heavy atom. The van der Waals surface area contributed by atoms with Gasteiger partial charge in [-0.25, -0.2) is 4.79 Å². The van der Waals surface area contributed by atoms with Gasteiger partial charge in [0.1, 0.15) is 5.75 Å². The number of hydrogen-bond acceptors (Lipinski definition) is 4. The molecule has 164 valence electrons. The highest BCUT2D eigenvalue weighted by Gasteiger charge is 2.26. The Morgan fingerprint density at radius 1 is 0.938 bits per heavy atom. The Hall–Kier alpha value is -3.80. The zero-order chi connectivity index (χ0) is 22.3. The third-order valence-electron chi connectivity index (χ3n) is 5.64. The number of carbonyl (C=O) groups excluding carboxylic acids is 1. The molecule has 1 unspecified atom stereocenters. The van der Waals surface area contributed by atoms with Crippen LogP contribution >= 0.6 is 0 Å². The molecule has 0 saturated carbocycles. The van der Waals surface area contributed by atoms with Crippen LogP contribution in [0.1, 0.15) is 36.3 Å². The van der Waals surface area contributed by atoms with Crippen molar-refractivity contribution >= 4 is 23.3 Å². The molecular formula is C26H26N2O4. The number of rotatable bonds is 8. The molecular weight excluding hydrogens is 404 g/mol. The van der Waals surface area contributed by atoms with Crippen LogP contribution in [0.4, 0.5) is 11.4 Å². The molecule has 2 N–H and O–H groups in total. The van der Waals surface area contributed by atoms with E-state index in [2.05, 4.69) is 5.43 Å². The van der Waals surface area contributed by atoms with Crippen LogP contribution in [-0.2, 0) is 16.0 Å². The van der Waals surface area contributed by atoms with Crippen LogP contribution in [0.2, 0.25) is 0 Å². The number of nitrogens with zero attached hydrogens (tertiary/aromatic N) is 1. The van der Waals surface area contributed by atoms with Crippen LogP contribution in [0.25, 0.3) is 0 Å². The summed E-state index contributed by atoms with van der Waals surface area (Å²) in [6.45, 7) is -0.370. The van der Waals surface area contributed by atoms with Gasteiger partial charge in [-0.1, -0.05) is 48.5 Å². The summed E-state index contributed by atoms with van der Waals surface area (Å²) in [6, 6.07) is 25.1. The normalized spacial score (nSPS) is 14.8. The maximum absolute atomic E-state index is 13.1. The quantitative estimate of drug-likeness (QED) is 0.501. The van der Waals surface area contributed by atoms with Gasteiger partial charge in [0.2, 0.25) is 5.91 Å². The summed E-state index contributed by atoms with van der Waals surface area (Å²) in [7, 11) is 0. The average Bonchev–Trinajstić information content (AvgIpc) is 2.82. The van der Waals surface area contributed by atoms with Crippen molar-refractivity contribution in [1.82, 2.24) is 5.43 Å². The van der Waals surface area contributed by atoms with E-state index in [9.17, 15) is 9.59 Å². The molecule has 0 bridgehead atoms. The lowest BCUT2D eigenvalue weighted by molar-refractivity contribution is -0.139. The Kier molecular flexibility index (Phi) is 6.70. The minimum absolute atomic E-state index is 0.0560. The minimum atomic E-state index is -1.00. The van der Waals surface area contributed by atoms with E-state index in [1.54, 1.807) is 11.1 Å². The number of nitrogens with one attached hydrogen (secondary N) is 1. The molecule has 1 amide bonds. The highest BCUT2D eigenvalue weighted by Crippen LogP contribution is 2.38. The number of aliphatic carboxylic acids is 1. The third-order valence-corrected chi connectivity index (χ3v) is 5.64. The highest BCUT2D eigenvalue weighted by molar-refractivity contribution is 5.81. The standard InChI is InChI=1S/C26H26N2O4/c29-25(27-28(20-10-3-1-4-11-20)21-12-5-2-6-13-21)17-19-9-7-15-23-22(19)14-8-16-24(23)32-18-26(30)31/h1-6,8,10-14,16,19H,7,9,15,17-18H2,(H,27,29)(H,30,31). The summed E-state index contributed by atoms with van der Waals surface area (Å²) in [5.41, 5.74) is 6.90. The van der Waals surface area contributed by atoms with Gasteiger partial charge >= 0.3 is 5.97 Å². The van der Waals surface area contributed by atoms with Crippen LogP contribution in [-0.4, -0.2) is 23.6 Å². The van der Waals surface area contributed by atoms with Crippen molar-refractivity contribution in [2.24, 2.45) is 0 Å². The van der Waals surface area contributed by atoms with Gasteiger partial charge in [0.05, 0.1) is 11.4 Å². The van der Waals surface area contributed by atoms with Gasteiger partial charge in [-0.2, -0.15) is 0 Å². The number of carboxylic acids is 1. The van der Waals surface area contributed by atoms with E-state index in [-0.39, 0.29) is 18.4 Å². The predicted molar refractivity (Wildman–Crippen MR) is 123 cm³/mol. The van der Waals surface area contributed by atoms with Gasteiger partial charge in [0.25, 0.3) is 0 Å². The average molecular weight is 431 g/mol. The Bertz CT molecular complexity index is 1030. The molecule has 0 radical (unpaired) electrons. The minimum Gasteiger partial charge on any atom is -0.482 e. The first-order chi connectivity index (χ1) is 15.6. The molecule has 6 heteroatoms. The van der Waals surface area contributed by atoms with Gasteiger partial charge in [-0.3, -0.25) is 15.2 Å². The lowest BCUT2D eigenvalue weighted by Gasteiger charge is -2.29. The number of benzene rings is 3. The number of hydrazine groups is 1. The molecule has 0 heterocycles. The van der Waals surface area contributed by atoms with Crippen molar-refractivity contribution in [2.75, 3.05) is 11.6 Å². The van der Waals surface area contributed by atoms with E-state index in [1.165, 1.54) is 0 Å². The number of para-hydroxylation sites is 2. The van der Waals surface area contributed by atoms with Crippen molar-refractivity contribution in [3.8, 4) is 5.75 Å². The second kappa shape index (κ2) is 10.0. The van der Waals surface area contributed by atoms with Crippen LogP contribution in [0.5, 0.6) is 5.75 Å². The first kappa shape index (κ1) is 21.4. The largest absolute Gasteiger partial charge is 0.482 e. The van der Waals surface area contributed by atoms with Crippen molar-refractivity contribution in [3.05, 3.63) is 90.0 Å². The Morgan fingerprint density at radius 2 is 1.59 bits per heavy atom. The van der Waals surface area contributed by atoms with E-state index in [1.807, 2.05) is 72.8 Å². The lowest BCUT2D eigenvalue weighted by Crippen LogP contribution is -2.39. The third kappa shape index (κ3) is 5.09. The maximum Gasteiger partial charge on any atom is 0.341 e. The van der Waals surface area contributed by atoms with Crippen molar-refractivity contribution in [3.63, 3.8) is 0 Å². The van der Waals surface area contributed by atoms with Crippen molar-refractivity contribution in [1.29, 1.82) is 0 Å². The molecule has 0 aliphatic heterocycles. The van der Waals surface area contributed by atoms with E-state index >= 15 is 0 Å². The molecule has 1 aliphatic carbocycles. The number of fused-ring (bicyclic) bond motifs is 1. The van der Waals surface area contributed by atoms with E-state index in [0.717, 1.165) is 41.8 Å². The predicted octanol–water partition coefficient (Wildman–Crippen LogP) is 4.83. The maximum atomic E-state index is 13.1. The Balaban J connectivity index is 1.52. The number of ether oxygens (including phenoxy) is 1. The SMILES string of the molecule is O=C(O)COc1cccc2c1CCCC2CC(=O)NN(c1ccccc1)c1ccccc1. The molecule has 0 fully saturated rings. The molecule has 1 aliphatic rings. The molecule has 32 heavy (non-hydrogen) atoms. The molecule has 0 spiro atoms. The van der Waals surface area contributed by atoms with Crippen LogP contribution in [0, 0.1) is 0 Å². The number of carboxylic acid groups (broad SMARTS) is 1. The lowest BCUT2D eigenvalue weighted by atomic mass is 9.80. The summed E-state index contributed by atoms with van der Waals surface area (Å²) in [6.07, 6.45) is 2.99. The number of anilines is 2. The highest BCUT2D eigenvalue weighted by atomic mass is 16.5. The molecule has 3 aromatic rings. The first-order valence-corrected chi connectivity index (χ1v) is 10.8. The molecule has 1 atom stereocenters. The smallest absolute Gasteiger partial charge is 0.341 e. The van der Waals surface area contributed by atoms with Crippen molar-refractivity contribution < 1.29 is 19.4 Å². The fraction of sp³-hybridized carbons (Fsp3) is 0.231. The zero-order valence-electron chi connectivity index (χ0n) is 17.7. The van der Waals surface area contributed by atoms with Crippen molar-refractivity contribution in [2.45, 2.75) is 31.6 Å². The number of hydrogen-bond donors (Lipinski definition) is 2. The van der Waals surface area contributed by atoms with Gasteiger partial charge < -0.3 is 9.84 Å². The van der Waals surface area contributed by atoms with Gasteiger partial charge in [0, 0.05) is 6.42 Å². The Labute approximate surface area is 187 Å². The summed E-state index contributed by atoms with van der Waals surface area (Å²) >= 11 is 0. The summed E-state index contributed by atoms with van der Waals surface area (Å²) in [5, 5.41) is 10.7. The summed E-state index contributed by atoms with van der Waals surface area (Å²) < 4.78 is 5.49.